The predicted molar refractivity (Wildman–Crippen MR) is 85.5 cm³/mol. The monoisotopic (exact) mass is 363 g/mol. The number of halogens is 1. The average Bonchev–Trinajstić information content (AvgIpc) is 2.42. The van der Waals surface area contributed by atoms with E-state index < -0.39 is 37.0 Å². The molecule has 0 spiro atoms. The molecule has 0 aliphatic heterocycles. The van der Waals surface area contributed by atoms with Gasteiger partial charge in [-0.3, -0.25) is 14.2 Å². The quantitative estimate of drug-likeness (QED) is 0.546. The normalized spacial score (nSPS) is 15.5. The van der Waals surface area contributed by atoms with Crippen LogP contribution in [0.4, 0.5) is 0 Å². The van der Waals surface area contributed by atoms with Crippen molar-refractivity contribution in [2.45, 2.75) is 19.3 Å². The zero-order valence-electron chi connectivity index (χ0n) is 12.7. The maximum absolute atomic E-state index is 12.5. The van der Waals surface area contributed by atoms with Crippen molar-refractivity contribution in [1.29, 1.82) is 0 Å². The van der Waals surface area contributed by atoms with Crippen molar-refractivity contribution in [3.05, 3.63) is 34.9 Å². The number of hydrogen-bond acceptors (Lipinski definition) is 3. The summed E-state index contributed by atoms with van der Waals surface area (Å²) in [4.78, 5) is 41.9. The van der Waals surface area contributed by atoms with Crippen LogP contribution in [0.3, 0.4) is 0 Å². The number of amides is 1. The second kappa shape index (κ2) is 7.45. The predicted octanol–water partition coefficient (Wildman–Crippen LogP) is 1.61. The zero-order chi connectivity index (χ0) is 17.8. The van der Waals surface area contributed by atoms with Crippen molar-refractivity contribution in [3.8, 4) is 0 Å². The second-order valence-electron chi connectivity index (χ2n) is 5.61. The van der Waals surface area contributed by atoms with Gasteiger partial charge in [-0.2, -0.15) is 0 Å². The highest BCUT2D eigenvalue weighted by Gasteiger charge is 2.41. The lowest BCUT2D eigenvalue weighted by Crippen LogP contribution is -2.46. The first-order valence-corrected chi connectivity index (χ1v) is 8.95. The molecule has 4 N–H and O–H groups in total. The summed E-state index contributed by atoms with van der Waals surface area (Å²) in [6, 6.07) is 6.15. The number of aliphatic carboxylic acids is 1. The fourth-order valence-electron chi connectivity index (χ4n) is 2.07. The molecule has 0 bridgehead atoms. The number of nitrogens with one attached hydrogen (secondary N) is 1. The average molecular weight is 364 g/mol. The highest BCUT2D eigenvalue weighted by atomic mass is 35.5. The van der Waals surface area contributed by atoms with Gasteiger partial charge in [-0.25, -0.2) is 0 Å². The Hall–Kier alpha value is -1.40. The van der Waals surface area contributed by atoms with Gasteiger partial charge < -0.3 is 20.2 Å². The first-order valence-electron chi connectivity index (χ1n) is 6.77. The summed E-state index contributed by atoms with van der Waals surface area (Å²) in [5.41, 5.74) is -1.20. The molecule has 0 radical (unpaired) electrons. The van der Waals surface area contributed by atoms with Gasteiger partial charge in [-0.15, -0.1) is 0 Å². The Morgan fingerprint density at radius 3 is 2.48 bits per heavy atom. The number of carboxylic acid groups (broad SMARTS) is 1. The lowest BCUT2D eigenvalue weighted by molar-refractivity contribution is -0.141. The molecule has 0 saturated heterocycles. The number of carboxylic acids is 1. The van der Waals surface area contributed by atoms with Gasteiger partial charge in [0.25, 0.3) is 0 Å². The van der Waals surface area contributed by atoms with Gasteiger partial charge in [-0.05, 0) is 24.6 Å². The zero-order valence-corrected chi connectivity index (χ0v) is 14.3. The first-order chi connectivity index (χ1) is 10.5. The second-order valence-corrected chi connectivity index (χ2v) is 7.70. The van der Waals surface area contributed by atoms with Gasteiger partial charge in [0.1, 0.15) is 0 Å². The van der Waals surface area contributed by atoms with Crippen LogP contribution in [0.15, 0.2) is 24.3 Å². The van der Waals surface area contributed by atoms with Crippen LogP contribution in [0.5, 0.6) is 0 Å². The van der Waals surface area contributed by atoms with Crippen molar-refractivity contribution in [1.82, 2.24) is 5.32 Å². The minimum atomic E-state index is -4.51. The van der Waals surface area contributed by atoms with E-state index in [-0.39, 0.29) is 6.54 Å². The topological polar surface area (TPSA) is 124 Å². The Labute approximate surface area is 138 Å². The summed E-state index contributed by atoms with van der Waals surface area (Å²) in [5, 5.41) is 11.6. The molecule has 7 nitrogen and oxygen atoms in total. The van der Waals surface area contributed by atoms with Crippen LogP contribution in [0.25, 0.3) is 0 Å². The molecule has 0 aliphatic rings. The van der Waals surface area contributed by atoms with Crippen LogP contribution in [0, 0.1) is 5.92 Å². The van der Waals surface area contributed by atoms with Crippen molar-refractivity contribution in [2.24, 2.45) is 5.92 Å². The standard InChI is InChI=1S/C14H19ClNO6P/c1-9(12(17)18)7-16-13(19)14(2,8-23(20,21)22)10-4-3-5-11(15)6-10/h3-6,9H,7-8H2,1-2H3,(H,16,19)(H,17,18)(H2,20,21,22). The minimum absolute atomic E-state index is 0.147. The fourth-order valence-corrected chi connectivity index (χ4v) is 3.41. The van der Waals surface area contributed by atoms with Crippen LogP contribution in [-0.2, 0) is 19.6 Å². The van der Waals surface area contributed by atoms with E-state index in [0.717, 1.165) is 0 Å². The molecule has 0 aromatic heterocycles. The van der Waals surface area contributed by atoms with E-state index in [9.17, 15) is 23.9 Å². The maximum atomic E-state index is 12.5. The molecule has 0 aliphatic carbocycles. The number of rotatable bonds is 7. The Kier molecular flexibility index (Phi) is 6.36. The SMILES string of the molecule is CC(CNC(=O)C(C)(CP(=O)(O)O)c1cccc(Cl)c1)C(=O)O. The van der Waals surface area contributed by atoms with Crippen LogP contribution in [0.2, 0.25) is 5.02 Å². The van der Waals surface area contributed by atoms with E-state index in [1.54, 1.807) is 18.2 Å². The first kappa shape index (κ1) is 19.6. The third kappa shape index (κ3) is 5.62. The van der Waals surface area contributed by atoms with E-state index in [0.29, 0.717) is 10.6 Å². The Morgan fingerprint density at radius 1 is 1.39 bits per heavy atom. The molecule has 23 heavy (non-hydrogen) atoms. The van der Waals surface area contributed by atoms with E-state index in [1.165, 1.54) is 19.9 Å². The molecule has 128 valence electrons. The number of benzene rings is 1. The van der Waals surface area contributed by atoms with Crippen molar-refractivity contribution >= 4 is 31.1 Å². The van der Waals surface area contributed by atoms with E-state index in [2.05, 4.69) is 5.32 Å². The van der Waals surface area contributed by atoms with E-state index >= 15 is 0 Å². The van der Waals surface area contributed by atoms with Crippen LogP contribution in [-0.4, -0.2) is 39.5 Å². The molecule has 1 aromatic carbocycles. The summed E-state index contributed by atoms with van der Waals surface area (Å²) in [5.74, 6) is -2.57. The summed E-state index contributed by atoms with van der Waals surface area (Å²) in [6.07, 6.45) is -0.715. The Bertz CT molecular complexity index is 646. The molecule has 2 atom stereocenters. The molecule has 1 amide bonds. The van der Waals surface area contributed by atoms with Crippen LogP contribution >= 0.6 is 19.2 Å². The van der Waals surface area contributed by atoms with Gasteiger partial charge in [0.2, 0.25) is 5.91 Å². The molecule has 2 unspecified atom stereocenters. The molecule has 1 aromatic rings. The van der Waals surface area contributed by atoms with Crippen molar-refractivity contribution < 1.29 is 29.0 Å². The van der Waals surface area contributed by atoms with Gasteiger partial charge >= 0.3 is 13.6 Å². The van der Waals surface area contributed by atoms with Gasteiger partial charge in [0.15, 0.2) is 0 Å². The summed E-state index contributed by atoms with van der Waals surface area (Å²) in [7, 11) is -4.51. The largest absolute Gasteiger partial charge is 0.481 e. The van der Waals surface area contributed by atoms with Gasteiger partial charge in [0, 0.05) is 11.6 Å². The van der Waals surface area contributed by atoms with Crippen LogP contribution in [0.1, 0.15) is 19.4 Å². The van der Waals surface area contributed by atoms with E-state index in [1.807, 2.05) is 0 Å². The van der Waals surface area contributed by atoms with Gasteiger partial charge in [0.05, 0.1) is 17.5 Å². The number of carbonyl (C=O) groups excluding carboxylic acids is 1. The molecular formula is C14H19ClNO6P. The van der Waals surface area contributed by atoms with Crippen molar-refractivity contribution in [3.63, 3.8) is 0 Å². The fraction of sp³-hybridized carbons (Fsp3) is 0.429. The number of carbonyl (C=O) groups is 2. The van der Waals surface area contributed by atoms with Crippen molar-refractivity contribution in [2.75, 3.05) is 12.7 Å². The highest BCUT2D eigenvalue weighted by Crippen LogP contribution is 2.43. The third-order valence-corrected chi connectivity index (χ3v) is 4.75. The summed E-state index contributed by atoms with van der Waals surface area (Å²) in [6.45, 7) is 2.66. The number of hydrogen-bond donors (Lipinski definition) is 4. The lowest BCUT2D eigenvalue weighted by Gasteiger charge is -2.29. The third-order valence-electron chi connectivity index (χ3n) is 3.48. The molecule has 0 fully saturated rings. The maximum Gasteiger partial charge on any atom is 0.326 e. The lowest BCUT2D eigenvalue weighted by atomic mass is 9.83. The highest BCUT2D eigenvalue weighted by molar-refractivity contribution is 7.51. The molecule has 9 heteroatoms. The summed E-state index contributed by atoms with van der Waals surface area (Å²) < 4.78 is 11.4. The summed E-state index contributed by atoms with van der Waals surface area (Å²) >= 11 is 5.89. The molecular weight excluding hydrogens is 345 g/mol. The molecule has 1 rings (SSSR count). The van der Waals surface area contributed by atoms with Crippen LogP contribution < -0.4 is 5.32 Å². The Balaban J connectivity index is 3.12. The Morgan fingerprint density at radius 2 is 2.00 bits per heavy atom. The molecule has 0 saturated carbocycles. The van der Waals surface area contributed by atoms with Gasteiger partial charge in [-0.1, -0.05) is 30.7 Å². The molecule has 0 heterocycles. The van der Waals surface area contributed by atoms with E-state index in [4.69, 9.17) is 16.7 Å². The smallest absolute Gasteiger partial charge is 0.326 e. The minimum Gasteiger partial charge on any atom is -0.481 e.